The van der Waals surface area contributed by atoms with E-state index in [2.05, 4.69) is 16.0 Å². The molecule has 4 aromatic rings. The smallest absolute Gasteiger partial charge is 0.355 e. The Morgan fingerprint density at radius 3 is 2.51 bits per heavy atom. The number of aliphatic hydroxyl groups excluding tert-OH is 2. The molecule has 1 saturated heterocycles. The Balaban J connectivity index is 0.979. The van der Waals surface area contributed by atoms with Crippen LogP contribution in [0.3, 0.4) is 0 Å². The largest absolute Gasteiger partial charge is 0.462 e. The highest BCUT2D eigenvalue weighted by molar-refractivity contribution is 7.80. The molecule has 17 heteroatoms. The molecule has 57 heavy (non-hydrogen) atoms. The molecule has 8 atom stereocenters. The summed E-state index contributed by atoms with van der Waals surface area (Å²) < 4.78 is 29.6. The van der Waals surface area contributed by atoms with Gasteiger partial charge in [0.1, 0.15) is 42.8 Å². The Morgan fingerprint density at radius 1 is 1.05 bits per heavy atom. The number of aliphatic hydroxyl groups is 2. The molecule has 0 aliphatic carbocycles. The van der Waals surface area contributed by atoms with E-state index >= 15 is 0 Å². The van der Waals surface area contributed by atoms with E-state index in [1.165, 1.54) is 14.0 Å². The molecule has 2 aromatic heterocycles. The number of nitrogens with one attached hydrogen (secondary N) is 3. The number of aromatic nitrogens is 2. The summed E-state index contributed by atoms with van der Waals surface area (Å²) in [5.74, 6) is -1.95. The van der Waals surface area contributed by atoms with Gasteiger partial charge in [-0.2, -0.15) is 0 Å². The number of nitrogens with zero attached hydrogens (tertiary/aromatic N) is 2. The highest BCUT2D eigenvalue weighted by Gasteiger charge is 2.51. The fraction of sp³-hybridized carbons (Fsp3) is 0.400. The standard InChI is InChI=1S/C40H43N5O11S/c1-6-40(27-16-29-30-23(15-22-9-7-8-10-28(22)44-30)17-45(29)35(49)26(27)18-53-38(40)51)56-36(50)20(3)41-34(48)19(2)42-39(57)43-24-11-13-25(14-12-24)55-37-32(47)33(52-5)31(46)21(4)54-37/h7-16,19-21,31-33,37,46-47H,6,17-18H2,1-5H3,(H,41,48)(H2,42,43,57)/t19?,20?,21-,31+,32-,33+,37?,40?/m0/s1. The molecule has 4 unspecified atom stereocenters. The van der Waals surface area contributed by atoms with Gasteiger partial charge in [0.2, 0.25) is 17.8 Å². The van der Waals surface area contributed by atoms with Crippen molar-refractivity contribution in [3.8, 4) is 17.1 Å². The molecular formula is C40H43N5O11S. The Hall–Kier alpha value is -5.46. The average Bonchev–Trinajstić information content (AvgIpc) is 3.55. The third-order valence-electron chi connectivity index (χ3n) is 10.5. The van der Waals surface area contributed by atoms with Gasteiger partial charge in [-0.05, 0) is 81.9 Å². The van der Waals surface area contributed by atoms with Crippen molar-refractivity contribution in [1.29, 1.82) is 0 Å². The lowest BCUT2D eigenvalue weighted by Gasteiger charge is -2.40. The van der Waals surface area contributed by atoms with Crippen LogP contribution < -0.4 is 26.2 Å². The first-order chi connectivity index (χ1) is 27.2. The van der Waals surface area contributed by atoms with Crippen molar-refractivity contribution in [2.45, 2.75) is 95.7 Å². The second-order valence-corrected chi connectivity index (χ2v) is 14.7. The lowest BCUT2D eigenvalue weighted by molar-refractivity contribution is -0.272. The van der Waals surface area contributed by atoms with Crippen LogP contribution >= 0.6 is 12.2 Å². The molecule has 0 bridgehead atoms. The number of hydrogen-bond donors (Lipinski definition) is 5. The first-order valence-corrected chi connectivity index (χ1v) is 18.9. The molecule has 3 aliphatic rings. The van der Waals surface area contributed by atoms with Crippen LogP contribution in [0.2, 0.25) is 0 Å². The topological polar surface area (TPSA) is 209 Å². The lowest BCUT2D eigenvalue weighted by atomic mass is 9.85. The zero-order valence-corrected chi connectivity index (χ0v) is 32.6. The van der Waals surface area contributed by atoms with Crippen molar-refractivity contribution in [3.05, 3.63) is 87.7 Å². The Labute approximate surface area is 332 Å². The van der Waals surface area contributed by atoms with Crippen LogP contribution in [-0.4, -0.2) is 92.6 Å². The Kier molecular flexibility index (Phi) is 11.0. The molecule has 7 rings (SSSR count). The van der Waals surface area contributed by atoms with E-state index in [0.29, 0.717) is 29.4 Å². The fourth-order valence-electron chi connectivity index (χ4n) is 7.29. The van der Waals surface area contributed by atoms with Gasteiger partial charge < -0.3 is 54.4 Å². The monoisotopic (exact) mass is 801 g/mol. The molecule has 16 nitrogen and oxygen atoms in total. The van der Waals surface area contributed by atoms with Gasteiger partial charge in [-0.25, -0.2) is 14.6 Å². The minimum atomic E-state index is -1.94. The zero-order valence-electron chi connectivity index (χ0n) is 31.8. The summed E-state index contributed by atoms with van der Waals surface area (Å²) in [6.45, 7) is 6.28. The predicted molar refractivity (Wildman–Crippen MR) is 209 cm³/mol. The van der Waals surface area contributed by atoms with Crippen LogP contribution in [-0.2, 0) is 52.1 Å². The first-order valence-electron chi connectivity index (χ1n) is 18.5. The van der Waals surface area contributed by atoms with E-state index in [1.807, 2.05) is 30.3 Å². The first kappa shape index (κ1) is 39.8. The summed E-state index contributed by atoms with van der Waals surface area (Å²) >= 11 is 5.41. The number of ether oxygens (including phenoxy) is 5. The number of anilines is 1. The molecule has 5 heterocycles. The molecule has 0 spiro atoms. The summed E-state index contributed by atoms with van der Waals surface area (Å²) in [5, 5.41) is 30.2. The zero-order chi connectivity index (χ0) is 40.8. The number of para-hydroxylation sites is 1. The molecular weight excluding hydrogens is 759 g/mol. The SMILES string of the molecule is CCC1(OC(=O)C(C)NC(=O)C(C)NC(=S)Nc2ccc(OC3O[C@@H](C)[C@@H](O)[C@@H](OC)[C@@H]3O)cc2)C(=O)OCc2c1cc1n(c2=O)Cc2cc3ccccc3nc2-1. The maximum Gasteiger partial charge on any atom is 0.355 e. The van der Waals surface area contributed by atoms with Gasteiger partial charge >= 0.3 is 11.9 Å². The molecule has 300 valence electrons. The average molecular weight is 802 g/mol. The summed E-state index contributed by atoms with van der Waals surface area (Å²) in [5.41, 5.74) is 1.38. The number of thiocarbonyl (C=S) groups is 1. The fourth-order valence-corrected chi connectivity index (χ4v) is 7.59. The van der Waals surface area contributed by atoms with Gasteiger partial charge in [0.05, 0.1) is 35.1 Å². The molecule has 0 radical (unpaired) electrons. The quantitative estimate of drug-likeness (QED) is 0.102. The minimum absolute atomic E-state index is 0.0366. The van der Waals surface area contributed by atoms with Crippen molar-refractivity contribution in [1.82, 2.24) is 20.2 Å². The van der Waals surface area contributed by atoms with Gasteiger partial charge in [-0.1, -0.05) is 25.1 Å². The maximum absolute atomic E-state index is 13.9. The van der Waals surface area contributed by atoms with Crippen molar-refractivity contribution >= 4 is 51.8 Å². The summed E-state index contributed by atoms with van der Waals surface area (Å²) in [7, 11) is 1.38. The Bertz CT molecular complexity index is 2300. The number of cyclic esters (lactones) is 1. The number of hydrogen-bond acceptors (Lipinski definition) is 13. The number of carbonyl (C=O) groups excluding carboxylic acids is 3. The van der Waals surface area contributed by atoms with Crippen molar-refractivity contribution in [2.24, 2.45) is 0 Å². The maximum atomic E-state index is 13.9. The number of amides is 1. The summed E-state index contributed by atoms with van der Waals surface area (Å²) in [4.78, 5) is 59.0. The van der Waals surface area contributed by atoms with Crippen LogP contribution in [0.4, 0.5) is 5.69 Å². The van der Waals surface area contributed by atoms with Crippen LogP contribution in [0.5, 0.6) is 5.75 Å². The highest BCUT2D eigenvalue weighted by Crippen LogP contribution is 2.41. The van der Waals surface area contributed by atoms with Gasteiger partial charge in [0.15, 0.2) is 5.11 Å². The van der Waals surface area contributed by atoms with E-state index in [9.17, 15) is 29.4 Å². The molecule has 3 aliphatic heterocycles. The van der Waals surface area contributed by atoms with Gasteiger partial charge in [-0.3, -0.25) is 9.59 Å². The lowest BCUT2D eigenvalue weighted by Crippen LogP contribution is -2.59. The van der Waals surface area contributed by atoms with E-state index in [4.69, 9.17) is 40.9 Å². The number of methoxy groups -OCH3 is 1. The van der Waals surface area contributed by atoms with Gasteiger partial charge in [0.25, 0.3) is 5.56 Å². The number of esters is 2. The summed E-state index contributed by atoms with van der Waals surface area (Å²) in [6.07, 6.45) is -4.87. The van der Waals surface area contributed by atoms with Crippen molar-refractivity contribution < 1.29 is 48.3 Å². The Morgan fingerprint density at radius 2 is 1.79 bits per heavy atom. The van der Waals surface area contributed by atoms with E-state index < -0.39 is 66.2 Å². The molecule has 1 fully saturated rings. The van der Waals surface area contributed by atoms with Gasteiger partial charge in [0, 0.05) is 29.3 Å². The minimum Gasteiger partial charge on any atom is -0.462 e. The molecule has 5 N–H and O–H groups in total. The van der Waals surface area contributed by atoms with Gasteiger partial charge in [-0.15, -0.1) is 0 Å². The van der Waals surface area contributed by atoms with Crippen LogP contribution in [0.25, 0.3) is 22.3 Å². The molecule has 2 aromatic carbocycles. The number of rotatable bonds is 10. The highest BCUT2D eigenvalue weighted by atomic mass is 32.1. The van der Waals surface area contributed by atoms with E-state index in [0.717, 1.165) is 16.5 Å². The van der Waals surface area contributed by atoms with Crippen LogP contribution in [0.1, 0.15) is 50.8 Å². The van der Waals surface area contributed by atoms with Crippen LogP contribution in [0, 0.1) is 0 Å². The molecule has 0 saturated carbocycles. The van der Waals surface area contributed by atoms with Crippen molar-refractivity contribution in [2.75, 3.05) is 12.4 Å². The van der Waals surface area contributed by atoms with Crippen LogP contribution in [0.15, 0.2) is 65.5 Å². The van der Waals surface area contributed by atoms with E-state index in [1.54, 1.807) is 55.7 Å². The number of fused-ring (bicyclic) bond motifs is 5. The number of pyridine rings is 2. The third-order valence-corrected chi connectivity index (χ3v) is 10.8. The van der Waals surface area contributed by atoms with E-state index in [-0.39, 0.29) is 34.8 Å². The third kappa shape index (κ3) is 7.44. The summed E-state index contributed by atoms with van der Waals surface area (Å²) in [6, 6.07) is 15.7. The second-order valence-electron chi connectivity index (χ2n) is 14.3. The predicted octanol–water partition coefficient (Wildman–Crippen LogP) is 2.37. The molecule has 1 amide bonds. The van der Waals surface area contributed by atoms with Crippen molar-refractivity contribution in [3.63, 3.8) is 0 Å². The normalized spacial score (nSPS) is 24.5. The second kappa shape index (κ2) is 15.8. The number of benzene rings is 2. The number of carbonyl (C=O) groups is 3.